The maximum Gasteiger partial charge on any atom is 0.255 e. The average molecular weight is 308 g/mol. The van der Waals surface area contributed by atoms with E-state index in [0.29, 0.717) is 16.8 Å². The molecule has 1 aliphatic rings. The van der Waals surface area contributed by atoms with Crippen LogP contribution >= 0.6 is 0 Å². The minimum Gasteiger partial charge on any atom is -0.355 e. The Bertz CT molecular complexity index is 781. The molecular weight excluding hydrogens is 288 g/mol. The predicted octanol–water partition coefficient (Wildman–Crippen LogP) is 3.10. The molecule has 3 rings (SSSR count). The van der Waals surface area contributed by atoms with Crippen molar-refractivity contribution < 1.29 is 9.59 Å². The fourth-order valence-electron chi connectivity index (χ4n) is 3.06. The maximum absolute atomic E-state index is 12.5. The zero-order valence-electron chi connectivity index (χ0n) is 13.4. The van der Waals surface area contributed by atoms with Crippen LogP contribution in [0.25, 0.3) is 0 Å². The monoisotopic (exact) mass is 308 g/mol. The van der Waals surface area contributed by atoms with Gasteiger partial charge in [-0.3, -0.25) is 9.59 Å². The third-order valence-corrected chi connectivity index (χ3v) is 4.41. The fraction of sp³-hybridized carbons (Fsp3) is 0.263. The Kier molecular flexibility index (Phi) is 4.15. The smallest absolute Gasteiger partial charge is 0.255 e. The second-order valence-electron chi connectivity index (χ2n) is 5.85. The van der Waals surface area contributed by atoms with Gasteiger partial charge in [0.1, 0.15) is 0 Å². The van der Waals surface area contributed by atoms with Crippen LogP contribution in [0, 0.1) is 6.92 Å². The van der Waals surface area contributed by atoms with Crippen LogP contribution in [-0.4, -0.2) is 18.9 Å². The Labute approximate surface area is 135 Å². The van der Waals surface area contributed by atoms with Crippen molar-refractivity contribution in [3.8, 4) is 0 Å². The van der Waals surface area contributed by atoms with Gasteiger partial charge in [0.05, 0.1) is 0 Å². The lowest BCUT2D eigenvalue weighted by atomic mass is 10.0. The molecule has 0 spiro atoms. The van der Waals surface area contributed by atoms with E-state index >= 15 is 0 Å². The van der Waals surface area contributed by atoms with E-state index in [1.165, 1.54) is 11.1 Å². The number of hydrogen-bond acceptors (Lipinski definition) is 2. The van der Waals surface area contributed by atoms with E-state index in [4.69, 9.17) is 0 Å². The number of fused-ring (bicyclic) bond motifs is 1. The second-order valence-corrected chi connectivity index (χ2v) is 5.85. The molecule has 2 aromatic rings. The molecule has 0 fully saturated rings. The number of hydrogen-bond donors (Lipinski definition) is 2. The van der Waals surface area contributed by atoms with Gasteiger partial charge in [0.25, 0.3) is 11.8 Å². The Morgan fingerprint density at radius 3 is 2.57 bits per heavy atom. The molecule has 0 aromatic heterocycles. The van der Waals surface area contributed by atoms with Crippen molar-refractivity contribution in [3.63, 3.8) is 0 Å². The first-order valence-electron chi connectivity index (χ1n) is 7.85. The van der Waals surface area contributed by atoms with E-state index in [2.05, 4.69) is 10.6 Å². The van der Waals surface area contributed by atoms with Gasteiger partial charge < -0.3 is 10.6 Å². The Morgan fingerprint density at radius 2 is 1.78 bits per heavy atom. The maximum atomic E-state index is 12.5. The van der Waals surface area contributed by atoms with Gasteiger partial charge in [-0.15, -0.1) is 0 Å². The Morgan fingerprint density at radius 1 is 1.00 bits per heavy atom. The number of anilines is 1. The molecule has 2 N–H and O–H groups in total. The van der Waals surface area contributed by atoms with Crippen molar-refractivity contribution in [1.29, 1.82) is 0 Å². The molecule has 0 bridgehead atoms. The summed E-state index contributed by atoms with van der Waals surface area (Å²) >= 11 is 0. The van der Waals surface area contributed by atoms with Crippen LogP contribution in [-0.2, 0) is 12.8 Å². The molecule has 4 heteroatoms. The first-order chi connectivity index (χ1) is 11.1. The van der Waals surface area contributed by atoms with Gasteiger partial charge in [-0.1, -0.05) is 12.1 Å². The third kappa shape index (κ3) is 2.97. The largest absolute Gasteiger partial charge is 0.355 e. The number of benzene rings is 2. The molecule has 2 aromatic carbocycles. The number of amides is 2. The van der Waals surface area contributed by atoms with E-state index in [-0.39, 0.29) is 11.8 Å². The van der Waals surface area contributed by atoms with E-state index < -0.39 is 0 Å². The minimum absolute atomic E-state index is 0.142. The Hall–Kier alpha value is -2.62. The molecule has 0 saturated heterocycles. The van der Waals surface area contributed by atoms with Crippen molar-refractivity contribution in [2.75, 3.05) is 12.4 Å². The number of carbonyl (C=O) groups excluding carboxylic acids is 2. The van der Waals surface area contributed by atoms with E-state index in [0.717, 1.165) is 24.8 Å². The van der Waals surface area contributed by atoms with Crippen molar-refractivity contribution in [3.05, 3.63) is 64.2 Å². The molecule has 0 aliphatic heterocycles. The summed E-state index contributed by atoms with van der Waals surface area (Å²) in [6.07, 6.45) is 3.31. The summed E-state index contributed by atoms with van der Waals surface area (Å²) < 4.78 is 0. The van der Waals surface area contributed by atoms with Gasteiger partial charge in [-0.25, -0.2) is 0 Å². The van der Waals surface area contributed by atoms with Crippen LogP contribution in [0.3, 0.4) is 0 Å². The van der Waals surface area contributed by atoms with Crippen molar-refractivity contribution in [2.45, 2.75) is 26.2 Å². The van der Waals surface area contributed by atoms with Gasteiger partial charge in [0, 0.05) is 23.9 Å². The lowest BCUT2D eigenvalue weighted by molar-refractivity contribution is 0.0960. The first-order valence-corrected chi connectivity index (χ1v) is 7.85. The Balaban J connectivity index is 1.84. The van der Waals surface area contributed by atoms with Gasteiger partial charge >= 0.3 is 0 Å². The summed E-state index contributed by atoms with van der Waals surface area (Å²) in [5, 5.41) is 5.53. The first kappa shape index (κ1) is 15.3. The van der Waals surface area contributed by atoms with Crippen LogP contribution in [0.4, 0.5) is 5.69 Å². The van der Waals surface area contributed by atoms with Crippen LogP contribution in [0.5, 0.6) is 0 Å². The number of rotatable bonds is 3. The highest BCUT2D eigenvalue weighted by Crippen LogP contribution is 2.24. The summed E-state index contributed by atoms with van der Waals surface area (Å²) in [5.74, 6) is -0.298. The zero-order chi connectivity index (χ0) is 16.4. The average Bonchev–Trinajstić information content (AvgIpc) is 3.03. The van der Waals surface area contributed by atoms with E-state index in [1.807, 2.05) is 31.2 Å². The summed E-state index contributed by atoms with van der Waals surface area (Å²) in [5.41, 5.74) is 5.28. The van der Waals surface area contributed by atoms with Crippen LogP contribution in [0.2, 0.25) is 0 Å². The molecule has 0 atom stereocenters. The summed E-state index contributed by atoms with van der Waals surface area (Å²) in [7, 11) is 1.59. The second kappa shape index (κ2) is 6.24. The quantitative estimate of drug-likeness (QED) is 0.915. The predicted molar refractivity (Wildman–Crippen MR) is 91.0 cm³/mol. The third-order valence-electron chi connectivity index (χ3n) is 4.41. The van der Waals surface area contributed by atoms with Crippen molar-refractivity contribution in [1.82, 2.24) is 5.32 Å². The summed E-state index contributed by atoms with van der Waals surface area (Å²) in [6, 6.07) is 11.2. The highest BCUT2D eigenvalue weighted by molar-refractivity contribution is 6.06. The standard InChI is InChI=1S/C19H20N2O2/c1-12-16(19(23)20-2)7-4-8-17(12)21-18(22)15-10-9-13-5-3-6-14(13)11-15/h4,7-11H,3,5-6H2,1-2H3,(H,20,23)(H,21,22). The molecule has 23 heavy (non-hydrogen) atoms. The SMILES string of the molecule is CNC(=O)c1cccc(NC(=O)c2ccc3c(c2)CCC3)c1C. The molecule has 0 radical (unpaired) electrons. The highest BCUT2D eigenvalue weighted by atomic mass is 16.2. The molecule has 4 nitrogen and oxygen atoms in total. The lowest BCUT2D eigenvalue weighted by Crippen LogP contribution is -2.20. The van der Waals surface area contributed by atoms with Crippen LogP contribution in [0.15, 0.2) is 36.4 Å². The summed E-state index contributed by atoms with van der Waals surface area (Å²) in [4.78, 5) is 24.4. The molecule has 0 unspecified atom stereocenters. The van der Waals surface area contributed by atoms with Gasteiger partial charge in [-0.2, -0.15) is 0 Å². The number of aryl methyl sites for hydroxylation is 2. The molecular formula is C19H20N2O2. The highest BCUT2D eigenvalue weighted by Gasteiger charge is 2.16. The molecule has 1 aliphatic carbocycles. The van der Waals surface area contributed by atoms with E-state index in [9.17, 15) is 9.59 Å². The van der Waals surface area contributed by atoms with E-state index in [1.54, 1.807) is 19.2 Å². The number of carbonyl (C=O) groups is 2. The van der Waals surface area contributed by atoms with Gasteiger partial charge in [0.15, 0.2) is 0 Å². The molecule has 2 amide bonds. The fourth-order valence-corrected chi connectivity index (χ4v) is 3.06. The minimum atomic E-state index is -0.156. The van der Waals surface area contributed by atoms with Crippen LogP contribution < -0.4 is 10.6 Å². The molecule has 0 saturated carbocycles. The summed E-state index contributed by atoms with van der Waals surface area (Å²) in [6.45, 7) is 1.84. The normalized spacial score (nSPS) is 12.6. The molecule has 118 valence electrons. The van der Waals surface area contributed by atoms with Gasteiger partial charge in [0.2, 0.25) is 0 Å². The lowest BCUT2D eigenvalue weighted by Gasteiger charge is -2.12. The topological polar surface area (TPSA) is 58.2 Å². The van der Waals surface area contributed by atoms with Crippen molar-refractivity contribution in [2.24, 2.45) is 0 Å². The zero-order valence-corrected chi connectivity index (χ0v) is 13.4. The van der Waals surface area contributed by atoms with Gasteiger partial charge in [-0.05, 0) is 67.1 Å². The van der Waals surface area contributed by atoms with Crippen LogP contribution in [0.1, 0.15) is 43.8 Å². The van der Waals surface area contributed by atoms with Crippen molar-refractivity contribution >= 4 is 17.5 Å². The molecule has 0 heterocycles. The number of nitrogens with one attached hydrogen (secondary N) is 2.